The molecule has 1 atom stereocenters. The number of hydrogen-bond acceptors (Lipinski definition) is 8. The van der Waals surface area contributed by atoms with E-state index in [-0.39, 0.29) is 37.1 Å². The number of non-ortho nitro benzene ring substituents is 1. The van der Waals surface area contributed by atoms with E-state index in [0.717, 1.165) is 9.84 Å². The van der Waals surface area contributed by atoms with Gasteiger partial charge >= 0.3 is 17.0 Å². The molecule has 5 aromatic rings. The Kier molecular flexibility index (Phi) is 10.0. The van der Waals surface area contributed by atoms with Crippen molar-refractivity contribution in [2.24, 2.45) is 5.73 Å². The molecule has 0 saturated carbocycles. The zero-order chi connectivity index (χ0) is 34.5. The summed E-state index contributed by atoms with van der Waals surface area (Å²) in [6.07, 6.45) is 3.56. The van der Waals surface area contributed by atoms with Gasteiger partial charge < -0.3 is 25.8 Å². The van der Waals surface area contributed by atoms with E-state index in [1.54, 1.807) is 50.2 Å². The average molecular weight is 672 g/mol. The lowest BCUT2D eigenvalue weighted by Gasteiger charge is -2.29. The maximum Gasteiger partial charge on any atom is 0.346 e. The number of nitro benzene ring substituents is 1. The van der Waals surface area contributed by atoms with Gasteiger partial charge in [-0.25, -0.2) is 14.2 Å². The number of nitrogens with zero attached hydrogens (tertiary/aromatic N) is 4. The van der Waals surface area contributed by atoms with Crippen LogP contribution in [0.3, 0.4) is 0 Å². The number of esters is 1. The van der Waals surface area contributed by atoms with Crippen molar-refractivity contribution in [3.63, 3.8) is 0 Å². The highest BCUT2D eigenvalue weighted by Crippen LogP contribution is 2.23. The minimum Gasteiger partial charge on any atom is -0.508 e. The number of urea groups is 1. The number of imidazole rings is 1. The first-order valence-corrected chi connectivity index (χ1v) is 15.9. The Hall–Kier alpha value is -5.76. The van der Waals surface area contributed by atoms with E-state index in [0.29, 0.717) is 28.1 Å². The summed E-state index contributed by atoms with van der Waals surface area (Å²) in [5.74, 6) is -1.19. The summed E-state index contributed by atoms with van der Waals surface area (Å²) in [5, 5.41) is 24.1. The number of aryl methyl sites for hydroxylation is 1. The number of fused-ring (bicyclic) bond motifs is 1. The zero-order valence-corrected chi connectivity index (χ0v) is 27.3. The second-order valence-corrected chi connectivity index (χ2v) is 12.8. The van der Waals surface area contributed by atoms with Gasteiger partial charge in [0.1, 0.15) is 30.7 Å². The van der Waals surface area contributed by atoms with Crippen LogP contribution in [-0.2, 0) is 29.0 Å². The molecule has 14 heteroatoms. The molecule has 0 fully saturated rings. The fraction of sp³-hybridized carbons (Fsp3) is 0.235. The number of amides is 3. The van der Waals surface area contributed by atoms with Crippen LogP contribution in [0, 0.1) is 17.0 Å². The molecule has 0 radical (unpaired) electrons. The highest BCUT2D eigenvalue weighted by atomic mass is 32.1. The van der Waals surface area contributed by atoms with Gasteiger partial charge in [-0.1, -0.05) is 35.6 Å². The van der Waals surface area contributed by atoms with Gasteiger partial charge in [-0.15, -0.1) is 0 Å². The van der Waals surface area contributed by atoms with E-state index < -0.39 is 28.9 Å². The fourth-order valence-electron chi connectivity index (χ4n) is 5.25. The molecule has 3 aromatic carbocycles. The lowest BCUT2D eigenvalue weighted by atomic mass is 10.0. The first-order valence-electron chi connectivity index (χ1n) is 15.1. The van der Waals surface area contributed by atoms with E-state index in [4.69, 9.17) is 10.5 Å². The molecular weight excluding hydrogens is 636 g/mol. The normalized spacial score (nSPS) is 11.8. The molecule has 0 bridgehead atoms. The van der Waals surface area contributed by atoms with E-state index in [1.165, 1.54) is 52.6 Å². The second kappa shape index (κ2) is 14.3. The number of primary amides is 1. The van der Waals surface area contributed by atoms with Gasteiger partial charge in [-0.2, -0.15) is 4.40 Å². The van der Waals surface area contributed by atoms with E-state index in [1.807, 2.05) is 28.3 Å². The van der Waals surface area contributed by atoms with Gasteiger partial charge in [0, 0.05) is 34.7 Å². The van der Waals surface area contributed by atoms with Crippen molar-refractivity contribution in [2.75, 3.05) is 5.32 Å². The summed E-state index contributed by atoms with van der Waals surface area (Å²) in [4.78, 5) is 53.6. The fourth-order valence-corrected chi connectivity index (χ4v) is 6.20. The maximum atomic E-state index is 14.1. The first kappa shape index (κ1) is 33.6. The van der Waals surface area contributed by atoms with Crippen LogP contribution in [0.15, 0.2) is 85.2 Å². The molecular formula is C34H35N6O7S+. The van der Waals surface area contributed by atoms with Crippen LogP contribution < -0.4 is 15.5 Å². The Bertz CT molecular complexity index is 1970. The van der Waals surface area contributed by atoms with Crippen LogP contribution in [0.25, 0.3) is 4.96 Å². The van der Waals surface area contributed by atoms with Crippen molar-refractivity contribution in [2.45, 2.75) is 52.4 Å². The topological polar surface area (TPSA) is 174 Å². The van der Waals surface area contributed by atoms with Crippen molar-refractivity contribution in [1.29, 1.82) is 0 Å². The number of nitro groups is 1. The number of nitrogens with two attached hydrogens (primary N) is 1. The lowest BCUT2D eigenvalue weighted by Crippen LogP contribution is -2.50. The summed E-state index contributed by atoms with van der Waals surface area (Å²) in [7, 11) is 0. The number of benzene rings is 3. The molecule has 2 heterocycles. The van der Waals surface area contributed by atoms with Gasteiger partial charge in [-0.3, -0.25) is 14.9 Å². The Morgan fingerprint density at radius 2 is 1.77 bits per heavy atom. The van der Waals surface area contributed by atoms with Crippen molar-refractivity contribution in [3.05, 3.63) is 123 Å². The van der Waals surface area contributed by atoms with Gasteiger partial charge in [0.25, 0.3) is 5.69 Å². The summed E-state index contributed by atoms with van der Waals surface area (Å²) < 4.78 is 9.11. The van der Waals surface area contributed by atoms with Crippen LogP contribution in [0.1, 0.15) is 45.9 Å². The van der Waals surface area contributed by atoms with E-state index >= 15 is 0 Å². The van der Waals surface area contributed by atoms with Crippen molar-refractivity contribution in [3.8, 4) is 5.75 Å². The van der Waals surface area contributed by atoms with E-state index in [9.17, 15) is 29.6 Å². The molecule has 0 aliphatic carbocycles. The van der Waals surface area contributed by atoms with Crippen molar-refractivity contribution in [1.82, 2.24) is 9.47 Å². The smallest absolute Gasteiger partial charge is 0.346 e. The number of nitrogens with one attached hydrogen (secondary N) is 1. The number of phenolic OH excluding ortho intramolecular Hbond substituents is 1. The quantitative estimate of drug-likeness (QED) is 0.0728. The number of carbonyl (C=O) groups is 3. The third-order valence-electron chi connectivity index (χ3n) is 7.50. The van der Waals surface area contributed by atoms with Crippen LogP contribution in [0.2, 0.25) is 0 Å². The third-order valence-corrected chi connectivity index (χ3v) is 8.54. The van der Waals surface area contributed by atoms with Gasteiger partial charge in [0.15, 0.2) is 5.69 Å². The predicted molar refractivity (Wildman–Crippen MR) is 179 cm³/mol. The summed E-state index contributed by atoms with van der Waals surface area (Å²) in [6, 6.07) is 17.1. The monoisotopic (exact) mass is 671 g/mol. The molecule has 248 valence electrons. The Morgan fingerprint density at radius 1 is 1.06 bits per heavy atom. The van der Waals surface area contributed by atoms with Gasteiger partial charge in [-0.05, 0) is 62.7 Å². The number of aromatic hydroxyl groups is 1. The van der Waals surface area contributed by atoms with Crippen molar-refractivity contribution >= 4 is 45.6 Å². The highest BCUT2D eigenvalue weighted by molar-refractivity contribution is 7.16. The summed E-state index contributed by atoms with van der Waals surface area (Å²) in [5.41, 5.74) is 8.57. The number of carbonyl (C=O) groups excluding carboxylic acids is 3. The van der Waals surface area contributed by atoms with Gasteiger partial charge in [0.2, 0.25) is 5.91 Å². The molecule has 0 aliphatic heterocycles. The highest BCUT2D eigenvalue weighted by Gasteiger charge is 2.33. The SMILES string of the molecule is Cc1c[n+]2cc(CN(C(=O)Nc3ccc(C(=O)OC(C)C)cc3)[C@@H](Cc3ccc(O)cc3)C(N)=O)n(Cc3cccc([N+](=O)[O-])c3)c2s1. The van der Waals surface area contributed by atoms with Crippen LogP contribution in [-0.4, -0.2) is 49.6 Å². The summed E-state index contributed by atoms with van der Waals surface area (Å²) in [6.45, 7) is 5.66. The molecule has 0 spiro atoms. The summed E-state index contributed by atoms with van der Waals surface area (Å²) >= 11 is 1.51. The van der Waals surface area contributed by atoms with Crippen LogP contribution in [0.4, 0.5) is 16.2 Å². The Labute approximate surface area is 280 Å². The predicted octanol–water partition coefficient (Wildman–Crippen LogP) is 4.95. The lowest BCUT2D eigenvalue weighted by molar-refractivity contribution is -0.506. The number of phenols is 1. The molecule has 4 N–H and O–H groups in total. The van der Waals surface area contributed by atoms with Crippen LogP contribution in [0.5, 0.6) is 5.75 Å². The molecule has 48 heavy (non-hydrogen) atoms. The maximum absolute atomic E-state index is 14.1. The molecule has 0 unspecified atom stereocenters. The molecule has 5 rings (SSSR count). The minimum absolute atomic E-state index is 0.0420. The number of ether oxygens (including phenoxy) is 1. The minimum atomic E-state index is -1.11. The number of anilines is 1. The largest absolute Gasteiger partial charge is 0.508 e. The van der Waals surface area contributed by atoms with Gasteiger partial charge in [0.05, 0.1) is 23.1 Å². The van der Waals surface area contributed by atoms with Crippen LogP contribution >= 0.6 is 11.3 Å². The number of thiazole rings is 1. The van der Waals surface area contributed by atoms with Crippen molar-refractivity contribution < 1.29 is 33.6 Å². The molecule has 0 aliphatic rings. The number of hydrogen-bond donors (Lipinski definition) is 3. The Morgan fingerprint density at radius 3 is 2.42 bits per heavy atom. The molecule has 0 saturated heterocycles. The number of aromatic nitrogens is 2. The standard InChI is InChI=1S/C34H34N6O7S/c1-21(2)47-32(43)25-9-11-26(12-10-25)36-33(44)39(30(31(35)42)16-23-7-13-29(41)14-8-23)20-28-19-37-17-22(3)48-34(37)38(28)18-24-5-4-6-27(15-24)40(45)46/h4-15,17,19,21,30H,16,18,20H2,1-3H3,(H3-,35,36,41,42,43,44)/p+1/t30-/m0/s1. The molecule has 3 amide bonds. The zero-order valence-electron chi connectivity index (χ0n) is 26.5. The molecule has 13 nitrogen and oxygen atoms in total. The number of rotatable bonds is 12. The third kappa shape index (κ3) is 7.96. The Balaban J connectivity index is 1.51. The molecule has 2 aromatic heterocycles. The average Bonchev–Trinajstić information content (AvgIpc) is 3.55. The second-order valence-electron chi connectivity index (χ2n) is 11.5. The van der Waals surface area contributed by atoms with E-state index in [2.05, 4.69) is 5.32 Å². The first-order chi connectivity index (χ1) is 22.9.